The predicted octanol–water partition coefficient (Wildman–Crippen LogP) is 5.74. The van der Waals surface area contributed by atoms with Crippen LogP contribution in [0.25, 0.3) is 10.8 Å². The Hall–Kier alpha value is -1.78. The van der Waals surface area contributed by atoms with Gasteiger partial charge in [-0.2, -0.15) is 0 Å². The van der Waals surface area contributed by atoms with Gasteiger partial charge in [-0.05, 0) is 12.8 Å². The number of benzene rings is 2. The van der Waals surface area contributed by atoms with E-state index in [1.54, 1.807) is 0 Å². The minimum atomic E-state index is -0.0603. The fraction of sp³-hybridized carbons (Fsp3) is 0.583. The minimum Gasteiger partial charge on any atom is -0.493 e. The van der Waals surface area contributed by atoms with Crippen molar-refractivity contribution in [3.05, 3.63) is 35.4 Å². The summed E-state index contributed by atoms with van der Waals surface area (Å²) in [6.45, 7) is 5.54. The van der Waals surface area contributed by atoms with Gasteiger partial charge < -0.3 is 19.7 Å². The van der Waals surface area contributed by atoms with Gasteiger partial charge in [0.25, 0.3) is 0 Å². The van der Waals surface area contributed by atoms with Crippen LogP contribution >= 0.6 is 0 Å². The third kappa shape index (κ3) is 6.11. The lowest BCUT2D eigenvalue weighted by atomic mass is 10.0. The Bertz CT molecular complexity index is 650. The highest BCUT2D eigenvalue weighted by atomic mass is 16.5. The smallest absolute Gasteiger partial charge is 0.132 e. The van der Waals surface area contributed by atoms with Crippen LogP contribution in [-0.2, 0) is 13.2 Å². The van der Waals surface area contributed by atoms with Crippen molar-refractivity contribution < 1.29 is 19.7 Å². The first kappa shape index (κ1) is 22.5. The molecule has 0 atom stereocenters. The highest BCUT2D eigenvalue weighted by Gasteiger charge is 2.15. The quantitative estimate of drug-likeness (QED) is 0.405. The summed E-state index contributed by atoms with van der Waals surface area (Å²) in [6.07, 6.45) is 9.11. The van der Waals surface area contributed by atoms with E-state index >= 15 is 0 Å². The van der Waals surface area contributed by atoms with Gasteiger partial charge in [0.2, 0.25) is 0 Å². The van der Waals surface area contributed by atoms with Crippen molar-refractivity contribution in [2.45, 2.75) is 78.4 Å². The summed E-state index contributed by atoms with van der Waals surface area (Å²) in [5, 5.41) is 21.4. The fourth-order valence-corrected chi connectivity index (χ4v) is 3.44. The van der Waals surface area contributed by atoms with Crippen molar-refractivity contribution in [2.75, 3.05) is 13.2 Å². The first-order chi connectivity index (χ1) is 13.8. The molecule has 0 fully saturated rings. The zero-order valence-corrected chi connectivity index (χ0v) is 17.5. The first-order valence-corrected chi connectivity index (χ1v) is 10.8. The summed E-state index contributed by atoms with van der Waals surface area (Å²) in [5.74, 6) is 1.47. The largest absolute Gasteiger partial charge is 0.493 e. The monoisotopic (exact) mass is 388 g/mol. The van der Waals surface area contributed by atoms with Gasteiger partial charge >= 0.3 is 0 Å². The Labute approximate surface area is 169 Å². The SMILES string of the molecule is CCCCCCOc1c(CO)ccc2c(OCCCCCC)c(CO)ccc12. The molecule has 2 N–H and O–H groups in total. The molecule has 0 unspecified atom stereocenters. The molecule has 0 saturated carbocycles. The minimum absolute atomic E-state index is 0.0603. The number of aliphatic hydroxyl groups excluding tert-OH is 2. The van der Waals surface area contributed by atoms with Gasteiger partial charge in [-0.3, -0.25) is 0 Å². The third-order valence-electron chi connectivity index (χ3n) is 5.09. The Balaban J connectivity index is 2.25. The summed E-state index contributed by atoms with van der Waals surface area (Å²) in [6, 6.07) is 7.72. The van der Waals surface area contributed by atoms with Crippen molar-refractivity contribution in [1.82, 2.24) is 0 Å². The van der Waals surface area contributed by atoms with Crippen molar-refractivity contribution in [3.63, 3.8) is 0 Å². The lowest BCUT2D eigenvalue weighted by Crippen LogP contribution is -2.04. The molecule has 0 aliphatic heterocycles. The second-order valence-corrected chi connectivity index (χ2v) is 7.34. The fourth-order valence-electron chi connectivity index (χ4n) is 3.44. The molecule has 0 saturated heterocycles. The summed E-state index contributed by atoms with van der Waals surface area (Å²) < 4.78 is 12.2. The van der Waals surface area contributed by atoms with Crippen molar-refractivity contribution in [3.8, 4) is 11.5 Å². The predicted molar refractivity (Wildman–Crippen MR) is 115 cm³/mol. The van der Waals surface area contributed by atoms with Crippen LogP contribution in [0.3, 0.4) is 0 Å². The van der Waals surface area contributed by atoms with E-state index in [0.29, 0.717) is 13.2 Å². The van der Waals surface area contributed by atoms with Gasteiger partial charge in [-0.25, -0.2) is 0 Å². The van der Waals surface area contributed by atoms with Gasteiger partial charge in [0.1, 0.15) is 11.5 Å². The lowest BCUT2D eigenvalue weighted by molar-refractivity contribution is 0.259. The maximum absolute atomic E-state index is 9.76. The zero-order valence-electron chi connectivity index (χ0n) is 17.5. The molecule has 28 heavy (non-hydrogen) atoms. The Morgan fingerprint density at radius 2 is 1.04 bits per heavy atom. The van der Waals surface area contributed by atoms with Gasteiger partial charge in [0.05, 0.1) is 26.4 Å². The second kappa shape index (κ2) is 12.6. The molecular formula is C24H36O4. The molecule has 2 rings (SSSR count). The molecule has 2 aromatic rings. The molecule has 156 valence electrons. The zero-order chi connectivity index (χ0) is 20.2. The van der Waals surface area contributed by atoms with E-state index in [4.69, 9.17) is 9.47 Å². The third-order valence-corrected chi connectivity index (χ3v) is 5.09. The van der Waals surface area contributed by atoms with Gasteiger partial charge in [0, 0.05) is 21.9 Å². The number of rotatable bonds is 14. The van der Waals surface area contributed by atoms with Gasteiger partial charge in [-0.1, -0.05) is 76.6 Å². The first-order valence-electron chi connectivity index (χ1n) is 10.8. The number of hydrogen-bond donors (Lipinski definition) is 2. The summed E-state index contributed by atoms with van der Waals surface area (Å²) in [4.78, 5) is 0. The maximum atomic E-state index is 9.76. The van der Waals surface area contributed by atoms with E-state index in [9.17, 15) is 10.2 Å². The summed E-state index contributed by atoms with van der Waals surface area (Å²) in [5.41, 5.74) is 1.57. The van der Waals surface area contributed by atoms with Crippen LogP contribution < -0.4 is 9.47 Å². The van der Waals surface area contributed by atoms with Crippen LogP contribution in [0.1, 0.15) is 76.3 Å². The van der Waals surface area contributed by atoms with E-state index in [2.05, 4.69) is 13.8 Å². The summed E-state index contributed by atoms with van der Waals surface area (Å²) >= 11 is 0. The normalized spacial score (nSPS) is 11.1. The van der Waals surface area contributed by atoms with Crippen LogP contribution in [0, 0.1) is 0 Å². The molecule has 0 heterocycles. The molecule has 4 nitrogen and oxygen atoms in total. The Morgan fingerprint density at radius 3 is 1.39 bits per heavy atom. The van der Waals surface area contributed by atoms with Crippen molar-refractivity contribution in [1.29, 1.82) is 0 Å². The van der Waals surface area contributed by atoms with E-state index in [-0.39, 0.29) is 13.2 Å². The standard InChI is InChI=1S/C24H36O4/c1-3-5-7-9-15-27-23-19(17-25)11-14-22-21(23)13-12-20(18-26)24(22)28-16-10-8-6-4-2/h11-14,25-26H,3-10,15-18H2,1-2H3. The van der Waals surface area contributed by atoms with E-state index in [1.165, 1.54) is 25.7 Å². The number of ether oxygens (including phenoxy) is 2. The van der Waals surface area contributed by atoms with Gasteiger partial charge in [0.15, 0.2) is 0 Å². The van der Waals surface area contributed by atoms with Gasteiger partial charge in [-0.15, -0.1) is 0 Å². The van der Waals surface area contributed by atoms with Crippen LogP contribution in [0.4, 0.5) is 0 Å². The topological polar surface area (TPSA) is 58.9 Å². The molecule has 0 bridgehead atoms. The van der Waals surface area contributed by atoms with E-state index < -0.39 is 0 Å². The molecular weight excluding hydrogens is 352 g/mol. The maximum Gasteiger partial charge on any atom is 0.132 e. The molecule has 0 aliphatic rings. The van der Waals surface area contributed by atoms with Crippen molar-refractivity contribution in [2.24, 2.45) is 0 Å². The molecule has 0 amide bonds. The second-order valence-electron chi connectivity index (χ2n) is 7.34. The number of hydrogen-bond acceptors (Lipinski definition) is 4. The van der Waals surface area contributed by atoms with Crippen LogP contribution in [-0.4, -0.2) is 23.4 Å². The lowest BCUT2D eigenvalue weighted by Gasteiger charge is -2.18. The molecule has 4 heteroatoms. The number of unbranched alkanes of at least 4 members (excludes halogenated alkanes) is 6. The number of fused-ring (bicyclic) bond motifs is 1. The molecule has 0 aliphatic carbocycles. The highest BCUT2D eigenvalue weighted by Crippen LogP contribution is 2.38. The Kier molecular flexibility index (Phi) is 10.2. The van der Waals surface area contributed by atoms with Crippen LogP contribution in [0.15, 0.2) is 24.3 Å². The molecule has 0 aromatic heterocycles. The summed E-state index contributed by atoms with van der Waals surface area (Å²) in [7, 11) is 0. The van der Waals surface area contributed by atoms with E-state index in [1.807, 2.05) is 24.3 Å². The van der Waals surface area contributed by atoms with Crippen LogP contribution in [0.5, 0.6) is 11.5 Å². The van der Waals surface area contributed by atoms with Crippen LogP contribution in [0.2, 0.25) is 0 Å². The number of aliphatic hydroxyl groups is 2. The average Bonchev–Trinajstić information content (AvgIpc) is 2.73. The highest BCUT2D eigenvalue weighted by molar-refractivity contribution is 5.95. The van der Waals surface area contributed by atoms with Crippen molar-refractivity contribution >= 4 is 10.8 Å². The van der Waals surface area contributed by atoms with E-state index in [0.717, 1.165) is 59.1 Å². The molecule has 0 spiro atoms. The Morgan fingerprint density at radius 1 is 0.607 bits per heavy atom. The molecule has 2 aromatic carbocycles. The average molecular weight is 389 g/mol. The molecule has 0 radical (unpaired) electrons.